The monoisotopic (exact) mass is 382 g/mol. The molecule has 0 atom stereocenters. The number of anilines is 1. The van der Waals surface area contributed by atoms with Crippen molar-refractivity contribution in [1.29, 1.82) is 0 Å². The molecule has 0 saturated carbocycles. The molecular weight excluding hydrogens is 360 g/mol. The number of ether oxygens (including phenoxy) is 1. The number of aromatic amines is 1. The summed E-state index contributed by atoms with van der Waals surface area (Å²) in [5.41, 5.74) is 4.10. The molecule has 140 valence electrons. The third kappa shape index (κ3) is 5.34. The van der Waals surface area contributed by atoms with Gasteiger partial charge in [-0.1, -0.05) is 47.7 Å². The average molecular weight is 382 g/mol. The molecule has 0 bridgehead atoms. The van der Waals surface area contributed by atoms with Crippen LogP contribution in [0.1, 0.15) is 22.5 Å². The fourth-order valence-corrected chi connectivity index (χ4v) is 3.16. The SMILES string of the molecule is Cc1ccc(NC(=O)CSc2n[nH]c(COc3ccccc3C)n2)c(C)c1. The number of carbonyl (C=O) groups is 1. The lowest BCUT2D eigenvalue weighted by molar-refractivity contribution is -0.113. The number of amides is 1. The van der Waals surface area contributed by atoms with Crippen molar-refractivity contribution in [1.82, 2.24) is 15.2 Å². The van der Waals surface area contributed by atoms with E-state index in [1.54, 1.807) is 0 Å². The van der Waals surface area contributed by atoms with Crippen LogP contribution in [0.3, 0.4) is 0 Å². The molecule has 0 spiro atoms. The van der Waals surface area contributed by atoms with E-state index in [-0.39, 0.29) is 11.7 Å². The van der Waals surface area contributed by atoms with Crippen LogP contribution in [-0.2, 0) is 11.4 Å². The van der Waals surface area contributed by atoms with Crippen LogP contribution in [0.15, 0.2) is 47.6 Å². The van der Waals surface area contributed by atoms with Crippen molar-refractivity contribution in [3.05, 3.63) is 65.0 Å². The molecule has 0 radical (unpaired) electrons. The maximum atomic E-state index is 12.2. The van der Waals surface area contributed by atoms with Crippen molar-refractivity contribution in [2.45, 2.75) is 32.5 Å². The highest BCUT2D eigenvalue weighted by atomic mass is 32.2. The highest BCUT2D eigenvalue weighted by Gasteiger charge is 2.10. The maximum absolute atomic E-state index is 12.2. The first-order valence-corrected chi connectivity index (χ1v) is 9.59. The summed E-state index contributed by atoms with van der Waals surface area (Å²) in [4.78, 5) is 16.5. The van der Waals surface area contributed by atoms with Crippen LogP contribution in [0.5, 0.6) is 5.75 Å². The van der Waals surface area contributed by atoms with E-state index in [9.17, 15) is 4.79 Å². The van der Waals surface area contributed by atoms with E-state index >= 15 is 0 Å². The fraction of sp³-hybridized carbons (Fsp3) is 0.250. The van der Waals surface area contributed by atoms with Crippen molar-refractivity contribution in [3.8, 4) is 5.75 Å². The Morgan fingerprint density at radius 1 is 1.15 bits per heavy atom. The fourth-order valence-electron chi connectivity index (χ4n) is 2.54. The Balaban J connectivity index is 1.49. The predicted molar refractivity (Wildman–Crippen MR) is 107 cm³/mol. The van der Waals surface area contributed by atoms with Crippen molar-refractivity contribution in [2.75, 3.05) is 11.1 Å². The zero-order chi connectivity index (χ0) is 19.2. The molecule has 7 heteroatoms. The highest BCUT2D eigenvalue weighted by Crippen LogP contribution is 2.19. The van der Waals surface area contributed by atoms with E-state index in [0.717, 1.165) is 22.6 Å². The molecule has 0 unspecified atom stereocenters. The third-order valence-electron chi connectivity index (χ3n) is 3.96. The molecule has 0 aliphatic rings. The number of benzene rings is 2. The maximum Gasteiger partial charge on any atom is 0.234 e. The van der Waals surface area contributed by atoms with Crippen LogP contribution in [0.4, 0.5) is 5.69 Å². The summed E-state index contributed by atoms with van der Waals surface area (Å²) >= 11 is 1.28. The number of carbonyl (C=O) groups excluding carboxylic acids is 1. The molecule has 0 aliphatic heterocycles. The third-order valence-corrected chi connectivity index (χ3v) is 4.80. The van der Waals surface area contributed by atoms with Crippen LogP contribution >= 0.6 is 11.8 Å². The van der Waals surface area contributed by atoms with E-state index in [1.807, 2.05) is 63.2 Å². The summed E-state index contributed by atoms with van der Waals surface area (Å²) in [6, 6.07) is 13.7. The molecule has 1 heterocycles. The molecule has 0 aliphatic carbocycles. The Hall–Kier alpha value is -2.80. The summed E-state index contributed by atoms with van der Waals surface area (Å²) in [5.74, 6) is 1.59. The molecule has 0 saturated heterocycles. The topological polar surface area (TPSA) is 79.9 Å². The van der Waals surface area contributed by atoms with Gasteiger partial charge < -0.3 is 10.1 Å². The molecule has 0 fully saturated rings. The predicted octanol–water partition coefficient (Wildman–Crippen LogP) is 4.04. The molecule has 27 heavy (non-hydrogen) atoms. The minimum absolute atomic E-state index is 0.0885. The minimum Gasteiger partial charge on any atom is -0.485 e. The second kappa shape index (κ2) is 8.73. The molecule has 3 aromatic rings. The standard InChI is InChI=1S/C20H22N4O2S/c1-13-8-9-16(15(3)10-13)21-19(25)12-27-20-22-18(23-24-20)11-26-17-7-5-4-6-14(17)2/h4-10H,11-12H2,1-3H3,(H,21,25)(H,22,23,24). The van der Waals surface area contributed by atoms with Gasteiger partial charge in [0.1, 0.15) is 12.4 Å². The van der Waals surface area contributed by atoms with Gasteiger partial charge in [-0.3, -0.25) is 9.89 Å². The van der Waals surface area contributed by atoms with Gasteiger partial charge in [0.2, 0.25) is 11.1 Å². The summed E-state index contributed by atoms with van der Waals surface area (Å²) < 4.78 is 5.74. The van der Waals surface area contributed by atoms with Crippen LogP contribution in [0.25, 0.3) is 0 Å². The second-order valence-electron chi connectivity index (χ2n) is 6.27. The van der Waals surface area contributed by atoms with Gasteiger partial charge in [-0.25, -0.2) is 4.98 Å². The van der Waals surface area contributed by atoms with Gasteiger partial charge >= 0.3 is 0 Å². The van der Waals surface area contributed by atoms with Crippen LogP contribution in [0.2, 0.25) is 0 Å². The lowest BCUT2D eigenvalue weighted by atomic mass is 10.1. The highest BCUT2D eigenvalue weighted by molar-refractivity contribution is 7.99. The van der Waals surface area contributed by atoms with Crippen molar-refractivity contribution in [2.24, 2.45) is 0 Å². The van der Waals surface area contributed by atoms with Crippen molar-refractivity contribution < 1.29 is 9.53 Å². The number of aromatic nitrogens is 3. The second-order valence-corrected chi connectivity index (χ2v) is 7.22. The molecule has 2 aromatic carbocycles. The Morgan fingerprint density at radius 3 is 2.74 bits per heavy atom. The van der Waals surface area contributed by atoms with Gasteiger partial charge in [0, 0.05) is 5.69 Å². The first kappa shape index (κ1) is 19.0. The van der Waals surface area contributed by atoms with Gasteiger partial charge in [0.25, 0.3) is 0 Å². The zero-order valence-electron chi connectivity index (χ0n) is 15.6. The Morgan fingerprint density at radius 2 is 1.96 bits per heavy atom. The largest absolute Gasteiger partial charge is 0.485 e. The number of aryl methyl sites for hydroxylation is 3. The molecule has 2 N–H and O–H groups in total. The van der Waals surface area contributed by atoms with Gasteiger partial charge in [0.05, 0.1) is 5.75 Å². The first-order valence-electron chi connectivity index (χ1n) is 8.61. The number of nitrogens with one attached hydrogen (secondary N) is 2. The molecular formula is C20H22N4O2S. The average Bonchev–Trinajstić information content (AvgIpc) is 3.10. The van der Waals surface area contributed by atoms with Gasteiger partial charge in [-0.05, 0) is 44.0 Å². The van der Waals surface area contributed by atoms with Crippen LogP contribution in [0, 0.1) is 20.8 Å². The quantitative estimate of drug-likeness (QED) is 0.603. The number of nitrogens with zero attached hydrogens (tertiary/aromatic N) is 2. The number of thioether (sulfide) groups is 1. The summed E-state index contributed by atoms with van der Waals surface area (Å²) in [7, 11) is 0. The van der Waals surface area contributed by atoms with E-state index < -0.39 is 0 Å². The van der Waals surface area contributed by atoms with E-state index in [4.69, 9.17) is 4.74 Å². The summed E-state index contributed by atoms with van der Waals surface area (Å²) in [5, 5.41) is 10.4. The van der Waals surface area contributed by atoms with Gasteiger partial charge in [-0.15, -0.1) is 5.10 Å². The lowest BCUT2D eigenvalue weighted by Gasteiger charge is -2.08. The molecule has 1 amide bonds. The number of hydrogen-bond acceptors (Lipinski definition) is 5. The molecule has 6 nitrogen and oxygen atoms in total. The normalized spacial score (nSPS) is 10.6. The molecule has 1 aromatic heterocycles. The van der Waals surface area contributed by atoms with Gasteiger partial charge in [-0.2, -0.15) is 0 Å². The van der Waals surface area contributed by atoms with Gasteiger partial charge in [0.15, 0.2) is 5.82 Å². The summed E-state index contributed by atoms with van der Waals surface area (Å²) in [6.45, 7) is 6.29. The number of para-hydroxylation sites is 1. The number of H-pyrrole nitrogens is 1. The smallest absolute Gasteiger partial charge is 0.234 e. The lowest BCUT2D eigenvalue weighted by Crippen LogP contribution is -2.15. The van der Waals surface area contributed by atoms with Crippen LogP contribution in [-0.4, -0.2) is 26.8 Å². The van der Waals surface area contributed by atoms with E-state index in [0.29, 0.717) is 17.6 Å². The van der Waals surface area contributed by atoms with Crippen molar-refractivity contribution >= 4 is 23.4 Å². The first-order chi connectivity index (χ1) is 13.0. The van der Waals surface area contributed by atoms with Crippen molar-refractivity contribution in [3.63, 3.8) is 0 Å². The van der Waals surface area contributed by atoms with E-state index in [2.05, 4.69) is 20.5 Å². The summed E-state index contributed by atoms with van der Waals surface area (Å²) in [6.07, 6.45) is 0. The Labute approximate surface area is 162 Å². The van der Waals surface area contributed by atoms with Crippen LogP contribution < -0.4 is 10.1 Å². The number of hydrogen-bond donors (Lipinski definition) is 2. The Bertz CT molecular complexity index is 939. The Kier molecular flexibility index (Phi) is 6.13. The minimum atomic E-state index is -0.0885. The van der Waals surface area contributed by atoms with E-state index in [1.165, 1.54) is 17.3 Å². The number of rotatable bonds is 7. The zero-order valence-corrected chi connectivity index (χ0v) is 16.4. The molecule has 3 rings (SSSR count).